The third-order valence-corrected chi connectivity index (χ3v) is 6.06. The first-order chi connectivity index (χ1) is 14.2. The summed E-state index contributed by atoms with van der Waals surface area (Å²) in [4.78, 5) is 24.0. The third-order valence-electron chi connectivity index (χ3n) is 4.00. The largest absolute Gasteiger partial charge is 0.352 e. The minimum absolute atomic E-state index is 0.178. The fraction of sp³-hybridized carbons (Fsp3) is 0.238. The van der Waals surface area contributed by atoms with Gasteiger partial charge in [-0.05, 0) is 30.5 Å². The van der Waals surface area contributed by atoms with Crippen LogP contribution < -0.4 is 10.6 Å². The van der Waals surface area contributed by atoms with E-state index in [0.29, 0.717) is 10.7 Å². The van der Waals surface area contributed by atoms with Crippen molar-refractivity contribution in [3.63, 3.8) is 0 Å². The Labute approximate surface area is 178 Å². The van der Waals surface area contributed by atoms with Gasteiger partial charge in [-0.15, -0.1) is 10.2 Å². The van der Waals surface area contributed by atoms with E-state index in [9.17, 15) is 9.59 Å². The molecule has 8 heteroatoms. The minimum atomic E-state index is -0.199. The summed E-state index contributed by atoms with van der Waals surface area (Å²) < 4.78 is 0.839. The Hall–Kier alpha value is -2.71. The van der Waals surface area contributed by atoms with Gasteiger partial charge in [0.2, 0.25) is 11.0 Å². The number of carbonyl (C=O) groups excluding carboxylic acids is 2. The van der Waals surface area contributed by atoms with Crippen molar-refractivity contribution in [2.75, 3.05) is 17.6 Å². The molecular weight excluding hydrogens is 404 g/mol. The van der Waals surface area contributed by atoms with Crippen LogP contribution in [0.5, 0.6) is 0 Å². The number of nitrogens with zero attached hydrogens (tertiary/aromatic N) is 2. The van der Waals surface area contributed by atoms with Crippen molar-refractivity contribution in [1.82, 2.24) is 15.5 Å². The average molecular weight is 427 g/mol. The summed E-state index contributed by atoms with van der Waals surface area (Å²) in [6.45, 7) is 0.263. The van der Waals surface area contributed by atoms with Gasteiger partial charge in [0.25, 0.3) is 5.91 Å². The summed E-state index contributed by atoms with van der Waals surface area (Å²) in [5, 5.41) is 14.1. The molecule has 0 fully saturated rings. The normalized spacial score (nSPS) is 10.5. The molecule has 0 aliphatic carbocycles. The van der Waals surface area contributed by atoms with E-state index in [1.807, 2.05) is 12.1 Å². The van der Waals surface area contributed by atoms with Gasteiger partial charge in [-0.2, -0.15) is 0 Å². The first-order valence-corrected chi connectivity index (χ1v) is 11.1. The SMILES string of the molecule is O=C(CCNC(=O)c1ccccc1)Nc1nnc(SCCCc2ccccc2)s1. The lowest BCUT2D eigenvalue weighted by atomic mass is 10.1. The first kappa shape index (κ1) is 21.0. The first-order valence-electron chi connectivity index (χ1n) is 9.34. The summed E-state index contributed by atoms with van der Waals surface area (Å²) in [6, 6.07) is 19.3. The number of nitrogens with one attached hydrogen (secondary N) is 2. The topological polar surface area (TPSA) is 84.0 Å². The number of thioether (sulfide) groups is 1. The molecule has 2 aromatic carbocycles. The van der Waals surface area contributed by atoms with E-state index in [4.69, 9.17) is 0 Å². The molecule has 0 atom stereocenters. The Bertz CT molecular complexity index is 917. The van der Waals surface area contributed by atoms with Crippen molar-refractivity contribution < 1.29 is 9.59 Å². The van der Waals surface area contributed by atoms with E-state index in [2.05, 4.69) is 45.1 Å². The number of carbonyl (C=O) groups is 2. The highest BCUT2D eigenvalue weighted by molar-refractivity contribution is 8.01. The van der Waals surface area contributed by atoms with Gasteiger partial charge in [-0.25, -0.2) is 0 Å². The van der Waals surface area contributed by atoms with Crippen LogP contribution in [0.2, 0.25) is 0 Å². The molecule has 0 aliphatic rings. The lowest BCUT2D eigenvalue weighted by molar-refractivity contribution is -0.116. The molecule has 2 amide bonds. The number of hydrogen-bond donors (Lipinski definition) is 2. The van der Waals surface area contributed by atoms with Crippen LogP contribution in [0.4, 0.5) is 5.13 Å². The molecule has 6 nitrogen and oxygen atoms in total. The predicted octanol–water partition coefficient (Wildman–Crippen LogP) is 4.02. The van der Waals surface area contributed by atoms with E-state index >= 15 is 0 Å². The van der Waals surface area contributed by atoms with Crippen molar-refractivity contribution in [2.45, 2.75) is 23.6 Å². The number of anilines is 1. The van der Waals surface area contributed by atoms with Crippen LogP contribution in [0.3, 0.4) is 0 Å². The highest BCUT2D eigenvalue weighted by Crippen LogP contribution is 2.26. The Morgan fingerprint density at radius 1 is 0.966 bits per heavy atom. The molecule has 0 unspecified atom stereocenters. The van der Waals surface area contributed by atoms with Gasteiger partial charge in [0.1, 0.15) is 0 Å². The van der Waals surface area contributed by atoms with Gasteiger partial charge in [0.15, 0.2) is 4.34 Å². The maximum atomic E-state index is 12.0. The van der Waals surface area contributed by atoms with E-state index in [0.717, 1.165) is 22.9 Å². The third kappa shape index (κ3) is 7.32. The number of amides is 2. The molecule has 29 heavy (non-hydrogen) atoms. The average Bonchev–Trinajstić information content (AvgIpc) is 3.19. The lowest BCUT2D eigenvalue weighted by Gasteiger charge is -2.04. The highest BCUT2D eigenvalue weighted by atomic mass is 32.2. The molecule has 0 spiro atoms. The van der Waals surface area contributed by atoms with Crippen LogP contribution >= 0.6 is 23.1 Å². The molecule has 3 rings (SSSR count). The zero-order valence-corrected chi connectivity index (χ0v) is 17.5. The van der Waals surface area contributed by atoms with E-state index in [1.165, 1.54) is 16.9 Å². The molecule has 0 aliphatic heterocycles. The van der Waals surface area contributed by atoms with Crippen molar-refractivity contribution in [1.29, 1.82) is 0 Å². The Balaban J connectivity index is 1.32. The van der Waals surface area contributed by atoms with Crippen molar-refractivity contribution >= 4 is 40.0 Å². The van der Waals surface area contributed by atoms with Gasteiger partial charge in [-0.1, -0.05) is 71.6 Å². The summed E-state index contributed by atoms with van der Waals surface area (Å²) in [7, 11) is 0. The molecule has 1 heterocycles. The maximum Gasteiger partial charge on any atom is 0.251 e. The van der Waals surface area contributed by atoms with Crippen LogP contribution in [0, 0.1) is 0 Å². The van der Waals surface area contributed by atoms with E-state index in [-0.39, 0.29) is 24.8 Å². The number of aromatic nitrogens is 2. The van der Waals surface area contributed by atoms with Crippen LogP contribution in [0.25, 0.3) is 0 Å². The van der Waals surface area contributed by atoms with Crippen molar-refractivity contribution in [3.8, 4) is 0 Å². The lowest BCUT2D eigenvalue weighted by Crippen LogP contribution is -2.27. The Morgan fingerprint density at radius 2 is 1.69 bits per heavy atom. The second kappa shape index (κ2) is 11.3. The van der Waals surface area contributed by atoms with Crippen LogP contribution in [0.1, 0.15) is 28.8 Å². The number of benzene rings is 2. The summed E-state index contributed by atoms with van der Waals surface area (Å²) in [5.41, 5.74) is 1.91. The molecule has 0 bridgehead atoms. The van der Waals surface area contributed by atoms with Gasteiger partial charge >= 0.3 is 0 Å². The quantitative estimate of drug-likeness (QED) is 0.291. The maximum absolute atomic E-state index is 12.0. The molecule has 1 aromatic heterocycles. The zero-order chi connectivity index (χ0) is 20.3. The predicted molar refractivity (Wildman–Crippen MR) is 117 cm³/mol. The van der Waals surface area contributed by atoms with E-state index < -0.39 is 0 Å². The molecular formula is C21H22N4O2S2. The highest BCUT2D eigenvalue weighted by Gasteiger charge is 2.10. The second-order valence-electron chi connectivity index (χ2n) is 6.23. The summed E-state index contributed by atoms with van der Waals surface area (Å²) in [5.74, 6) is 0.557. The van der Waals surface area contributed by atoms with Crippen LogP contribution in [-0.2, 0) is 11.2 Å². The number of aryl methyl sites for hydroxylation is 1. The number of hydrogen-bond acceptors (Lipinski definition) is 6. The van der Waals surface area contributed by atoms with Gasteiger partial charge in [0.05, 0.1) is 0 Å². The molecule has 0 radical (unpaired) electrons. The van der Waals surface area contributed by atoms with Crippen LogP contribution in [0.15, 0.2) is 65.0 Å². The van der Waals surface area contributed by atoms with Gasteiger partial charge in [0, 0.05) is 24.3 Å². The van der Waals surface area contributed by atoms with Crippen molar-refractivity contribution in [3.05, 3.63) is 71.8 Å². The van der Waals surface area contributed by atoms with E-state index in [1.54, 1.807) is 36.0 Å². The molecule has 0 saturated heterocycles. The molecule has 150 valence electrons. The molecule has 0 saturated carbocycles. The minimum Gasteiger partial charge on any atom is -0.352 e. The van der Waals surface area contributed by atoms with Crippen molar-refractivity contribution in [2.24, 2.45) is 0 Å². The molecule has 2 N–H and O–H groups in total. The summed E-state index contributed by atoms with van der Waals surface area (Å²) >= 11 is 3.01. The fourth-order valence-corrected chi connectivity index (χ4v) is 4.34. The summed E-state index contributed by atoms with van der Waals surface area (Å²) in [6.07, 6.45) is 2.26. The Kier molecular flexibility index (Phi) is 8.21. The van der Waals surface area contributed by atoms with Gasteiger partial charge in [-0.3, -0.25) is 9.59 Å². The standard InChI is InChI=1S/C21H22N4O2S2/c26-18(13-14-22-19(27)17-11-5-2-6-12-17)23-20-24-25-21(29-20)28-15-7-10-16-8-3-1-4-9-16/h1-6,8-9,11-12H,7,10,13-15H2,(H,22,27)(H,23,24,26). The van der Waals surface area contributed by atoms with Gasteiger partial charge < -0.3 is 10.6 Å². The molecule has 3 aromatic rings. The Morgan fingerprint density at radius 3 is 2.45 bits per heavy atom. The monoisotopic (exact) mass is 426 g/mol. The fourth-order valence-electron chi connectivity index (χ4n) is 2.56. The van der Waals surface area contributed by atoms with Crippen LogP contribution in [-0.4, -0.2) is 34.3 Å². The number of rotatable bonds is 10. The zero-order valence-electron chi connectivity index (χ0n) is 15.8. The smallest absolute Gasteiger partial charge is 0.251 e. The second-order valence-corrected chi connectivity index (χ2v) is 8.55.